The maximum Gasteiger partial charge on any atom is 0.246 e. The largest absolute Gasteiger partial charge is 0.326 e. The molecule has 2 aromatic rings. The molecule has 1 aromatic carbocycles. The lowest BCUT2D eigenvalue weighted by molar-refractivity contribution is -0.116. The van der Waals surface area contributed by atoms with Gasteiger partial charge in [-0.25, -0.2) is 8.42 Å². The third kappa shape index (κ3) is 4.34. The SMILES string of the molecule is Cc1nn(CCC(=O)Nc2ccc(Cl)cc2)c(C)c1S(=O)(=O)N1CCCC1. The molecule has 7 nitrogen and oxygen atoms in total. The number of hydrogen-bond acceptors (Lipinski definition) is 4. The number of nitrogens with zero attached hydrogens (tertiary/aromatic N) is 3. The lowest BCUT2D eigenvalue weighted by atomic mass is 10.3. The Labute approximate surface area is 164 Å². The second kappa shape index (κ2) is 8.00. The van der Waals surface area contributed by atoms with Gasteiger partial charge in [0.2, 0.25) is 15.9 Å². The molecular formula is C18H23ClN4O3S. The summed E-state index contributed by atoms with van der Waals surface area (Å²) in [6.07, 6.45) is 1.96. The summed E-state index contributed by atoms with van der Waals surface area (Å²) in [6, 6.07) is 6.86. The van der Waals surface area contributed by atoms with Crippen molar-refractivity contribution in [2.45, 2.75) is 44.6 Å². The predicted molar refractivity (Wildman–Crippen MR) is 104 cm³/mol. The molecule has 9 heteroatoms. The average molecular weight is 411 g/mol. The van der Waals surface area contributed by atoms with Gasteiger partial charge in [-0.2, -0.15) is 9.40 Å². The summed E-state index contributed by atoms with van der Waals surface area (Å²) in [4.78, 5) is 12.4. The summed E-state index contributed by atoms with van der Waals surface area (Å²) in [5, 5.41) is 7.74. The summed E-state index contributed by atoms with van der Waals surface area (Å²) in [7, 11) is -3.53. The van der Waals surface area contributed by atoms with Crippen molar-refractivity contribution in [3.05, 3.63) is 40.7 Å². The number of carbonyl (C=O) groups excluding carboxylic acids is 1. The molecule has 0 aliphatic carbocycles. The number of anilines is 1. The van der Waals surface area contributed by atoms with Gasteiger partial charge in [-0.05, 0) is 51.0 Å². The van der Waals surface area contributed by atoms with Gasteiger partial charge in [0.25, 0.3) is 0 Å². The molecule has 1 aromatic heterocycles. The van der Waals surface area contributed by atoms with Gasteiger partial charge in [0.15, 0.2) is 0 Å². The molecule has 2 heterocycles. The first kappa shape index (κ1) is 19.9. The molecular weight excluding hydrogens is 388 g/mol. The average Bonchev–Trinajstić information content (AvgIpc) is 3.24. The smallest absolute Gasteiger partial charge is 0.246 e. The van der Waals surface area contributed by atoms with Gasteiger partial charge in [-0.1, -0.05) is 11.6 Å². The van der Waals surface area contributed by atoms with E-state index in [-0.39, 0.29) is 17.2 Å². The van der Waals surface area contributed by atoms with Crippen LogP contribution in [0.15, 0.2) is 29.2 Å². The summed E-state index contributed by atoms with van der Waals surface area (Å²) in [5.74, 6) is -0.172. The van der Waals surface area contributed by atoms with Crippen molar-refractivity contribution >= 4 is 33.2 Å². The zero-order valence-corrected chi connectivity index (χ0v) is 17.0. The minimum absolute atomic E-state index is 0.172. The van der Waals surface area contributed by atoms with Crippen molar-refractivity contribution in [2.75, 3.05) is 18.4 Å². The van der Waals surface area contributed by atoms with Crippen molar-refractivity contribution < 1.29 is 13.2 Å². The summed E-state index contributed by atoms with van der Waals surface area (Å²) in [5.41, 5.74) is 1.70. The summed E-state index contributed by atoms with van der Waals surface area (Å²) in [6.45, 7) is 4.84. The van der Waals surface area contributed by atoms with Crippen LogP contribution >= 0.6 is 11.6 Å². The minimum atomic E-state index is -3.53. The highest BCUT2D eigenvalue weighted by atomic mass is 35.5. The van der Waals surface area contributed by atoms with E-state index < -0.39 is 10.0 Å². The van der Waals surface area contributed by atoms with E-state index in [0.29, 0.717) is 41.7 Å². The van der Waals surface area contributed by atoms with Crippen LogP contribution in [0.2, 0.25) is 5.02 Å². The number of carbonyl (C=O) groups is 1. The van der Waals surface area contributed by atoms with Crippen LogP contribution in [-0.4, -0.2) is 41.5 Å². The maximum atomic E-state index is 12.9. The Kier molecular flexibility index (Phi) is 5.88. The van der Waals surface area contributed by atoms with Crippen LogP contribution in [0.1, 0.15) is 30.7 Å². The zero-order chi connectivity index (χ0) is 19.6. The highest BCUT2D eigenvalue weighted by molar-refractivity contribution is 7.89. The molecule has 0 saturated carbocycles. The Bertz CT molecular complexity index is 932. The van der Waals surface area contributed by atoms with Gasteiger partial charge in [-0.3, -0.25) is 9.48 Å². The monoisotopic (exact) mass is 410 g/mol. The molecule has 1 aliphatic heterocycles. The molecule has 1 aliphatic rings. The van der Waals surface area contributed by atoms with Gasteiger partial charge < -0.3 is 5.32 Å². The topological polar surface area (TPSA) is 84.3 Å². The highest BCUT2D eigenvalue weighted by Crippen LogP contribution is 2.26. The number of amides is 1. The number of rotatable bonds is 6. The first-order valence-electron chi connectivity index (χ1n) is 8.88. The number of sulfonamides is 1. The second-order valence-electron chi connectivity index (χ2n) is 6.64. The third-order valence-corrected chi connectivity index (χ3v) is 7.06. The Balaban J connectivity index is 1.69. The Morgan fingerprint density at radius 1 is 1.19 bits per heavy atom. The van der Waals surface area contributed by atoms with Crippen LogP contribution in [0.4, 0.5) is 5.69 Å². The van der Waals surface area contributed by atoms with E-state index in [1.54, 1.807) is 42.8 Å². The van der Waals surface area contributed by atoms with E-state index in [0.717, 1.165) is 12.8 Å². The number of nitrogens with one attached hydrogen (secondary N) is 1. The second-order valence-corrected chi connectivity index (χ2v) is 8.95. The summed E-state index contributed by atoms with van der Waals surface area (Å²) < 4.78 is 28.9. The van der Waals surface area contributed by atoms with Gasteiger partial charge in [0.05, 0.1) is 17.9 Å². The van der Waals surface area contributed by atoms with Crippen LogP contribution in [-0.2, 0) is 21.4 Å². The number of hydrogen-bond donors (Lipinski definition) is 1. The van der Waals surface area contributed by atoms with E-state index in [9.17, 15) is 13.2 Å². The Hall–Kier alpha value is -1.90. The fourth-order valence-electron chi connectivity index (χ4n) is 3.29. The first-order chi connectivity index (χ1) is 12.8. The van der Waals surface area contributed by atoms with Crippen LogP contribution in [0.25, 0.3) is 0 Å². The molecule has 146 valence electrons. The van der Waals surface area contributed by atoms with E-state index in [2.05, 4.69) is 10.4 Å². The van der Waals surface area contributed by atoms with Crippen LogP contribution in [0.3, 0.4) is 0 Å². The van der Waals surface area contributed by atoms with Gasteiger partial charge in [0, 0.05) is 30.2 Å². The van der Waals surface area contributed by atoms with E-state index in [4.69, 9.17) is 11.6 Å². The van der Waals surface area contributed by atoms with E-state index in [1.807, 2.05) is 0 Å². The quantitative estimate of drug-likeness (QED) is 0.793. The molecule has 0 radical (unpaired) electrons. The number of halogens is 1. The van der Waals surface area contributed by atoms with Crippen molar-refractivity contribution in [3.63, 3.8) is 0 Å². The normalized spacial score (nSPS) is 15.2. The number of aryl methyl sites for hydroxylation is 2. The van der Waals surface area contributed by atoms with Gasteiger partial charge >= 0.3 is 0 Å². The molecule has 3 rings (SSSR count). The molecule has 1 N–H and O–H groups in total. The minimum Gasteiger partial charge on any atom is -0.326 e. The molecule has 0 atom stereocenters. The third-order valence-electron chi connectivity index (χ3n) is 4.66. The zero-order valence-electron chi connectivity index (χ0n) is 15.4. The standard InChI is InChI=1S/C18H23ClN4O3S/c1-13-18(27(25,26)22-10-3-4-11-22)14(2)23(21-13)12-9-17(24)20-16-7-5-15(19)6-8-16/h5-8H,3-4,9-12H2,1-2H3,(H,20,24). The molecule has 0 spiro atoms. The fourth-order valence-corrected chi connectivity index (χ4v) is 5.31. The highest BCUT2D eigenvalue weighted by Gasteiger charge is 2.32. The molecule has 1 saturated heterocycles. The van der Waals surface area contributed by atoms with Crippen molar-refractivity contribution in [1.29, 1.82) is 0 Å². The molecule has 27 heavy (non-hydrogen) atoms. The van der Waals surface area contributed by atoms with Crippen LogP contribution in [0.5, 0.6) is 0 Å². The first-order valence-corrected chi connectivity index (χ1v) is 10.7. The van der Waals surface area contributed by atoms with E-state index >= 15 is 0 Å². The lowest BCUT2D eigenvalue weighted by Gasteiger charge is -2.15. The number of aromatic nitrogens is 2. The molecule has 0 bridgehead atoms. The predicted octanol–water partition coefficient (Wildman–Crippen LogP) is 2.97. The van der Waals surface area contributed by atoms with Gasteiger partial charge in [-0.15, -0.1) is 0 Å². The molecule has 0 unspecified atom stereocenters. The van der Waals surface area contributed by atoms with Crippen molar-refractivity contribution in [3.8, 4) is 0 Å². The fraction of sp³-hybridized carbons (Fsp3) is 0.444. The number of benzene rings is 1. The molecule has 1 fully saturated rings. The Morgan fingerprint density at radius 3 is 2.44 bits per heavy atom. The van der Waals surface area contributed by atoms with Crippen LogP contribution in [0, 0.1) is 13.8 Å². The Morgan fingerprint density at radius 2 is 1.81 bits per heavy atom. The summed E-state index contributed by atoms with van der Waals surface area (Å²) >= 11 is 5.83. The van der Waals surface area contributed by atoms with Crippen molar-refractivity contribution in [1.82, 2.24) is 14.1 Å². The maximum absolute atomic E-state index is 12.9. The van der Waals surface area contributed by atoms with Crippen LogP contribution < -0.4 is 5.32 Å². The lowest BCUT2D eigenvalue weighted by Crippen LogP contribution is -2.28. The van der Waals surface area contributed by atoms with Crippen molar-refractivity contribution in [2.24, 2.45) is 0 Å². The molecule has 1 amide bonds. The van der Waals surface area contributed by atoms with E-state index in [1.165, 1.54) is 4.31 Å². The van der Waals surface area contributed by atoms with Gasteiger partial charge in [0.1, 0.15) is 4.90 Å².